The highest BCUT2D eigenvalue weighted by molar-refractivity contribution is 5.92. The number of carbonyl (C=O) groups is 1. The van der Waals surface area contributed by atoms with E-state index in [0.29, 0.717) is 18.8 Å². The van der Waals surface area contributed by atoms with Crippen molar-refractivity contribution in [3.8, 4) is 11.5 Å². The maximum atomic E-state index is 12.6. The first-order valence-corrected chi connectivity index (χ1v) is 8.78. The van der Waals surface area contributed by atoms with Gasteiger partial charge in [-0.15, -0.1) is 0 Å². The molecule has 0 unspecified atom stereocenters. The number of piperazine rings is 1. The molecule has 0 spiro atoms. The quantitative estimate of drug-likeness (QED) is 0.771. The second-order valence-corrected chi connectivity index (χ2v) is 6.43. The summed E-state index contributed by atoms with van der Waals surface area (Å²) in [6, 6.07) is 8.60. The van der Waals surface area contributed by atoms with E-state index in [0.717, 1.165) is 36.7 Å². The summed E-state index contributed by atoms with van der Waals surface area (Å²) < 4.78 is 11.9. The van der Waals surface area contributed by atoms with Crippen molar-refractivity contribution in [3.63, 3.8) is 0 Å². The van der Waals surface area contributed by atoms with Crippen LogP contribution in [0.15, 0.2) is 35.1 Å². The molecule has 1 saturated heterocycles. The number of nitrogens with zero attached hydrogens (tertiary/aromatic N) is 4. The van der Waals surface area contributed by atoms with Crippen LogP contribution in [0.25, 0.3) is 0 Å². The fourth-order valence-corrected chi connectivity index (χ4v) is 3.13. The minimum atomic E-state index is -0.233. The Morgan fingerprint density at radius 1 is 1.07 bits per heavy atom. The van der Waals surface area contributed by atoms with Crippen molar-refractivity contribution in [2.24, 2.45) is 7.05 Å². The van der Waals surface area contributed by atoms with E-state index in [-0.39, 0.29) is 11.5 Å². The summed E-state index contributed by atoms with van der Waals surface area (Å²) in [4.78, 5) is 28.1. The molecular formula is C19H24N4O4. The Bertz CT molecular complexity index is 872. The topological polar surface area (TPSA) is 76.9 Å². The molecule has 8 nitrogen and oxygen atoms in total. The predicted octanol–water partition coefficient (Wildman–Crippen LogP) is 0.755. The number of hydrogen-bond donors (Lipinski definition) is 0. The molecule has 0 aliphatic carbocycles. The molecule has 8 heteroatoms. The second-order valence-electron chi connectivity index (χ2n) is 6.43. The summed E-state index contributed by atoms with van der Waals surface area (Å²) in [6.45, 7) is 3.43. The first-order chi connectivity index (χ1) is 13.0. The van der Waals surface area contributed by atoms with Crippen LogP contribution in [0.3, 0.4) is 0 Å². The van der Waals surface area contributed by atoms with E-state index in [4.69, 9.17) is 9.47 Å². The fourth-order valence-electron chi connectivity index (χ4n) is 3.13. The molecule has 2 heterocycles. The number of aromatic nitrogens is 2. The highest BCUT2D eigenvalue weighted by Gasteiger charge is 2.24. The first kappa shape index (κ1) is 18.9. The number of carbonyl (C=O) groups excluding carboxylic acids is 1. The number of hydrogen-bond acceptors (Lipinski definition) is 6. The van der Waals surface area contributed by atoms with Crippen LogP contribution >= 0.6 is 0 Å². The van der Waals surface area contributed by atoms with Crippen molar-refractivity contribution in [1.29, 1.82) is 0 Å². The van der Waals surface area contributed by atoms with Crippen LogP contribution in [0.2, 0.25) is 0 Å². The molecule has 1 amide bonds. The van der Waals surface area contributed by atoms with Crippen LogP contribution in [-0.4, -0.2) is 65.9 Å². The van der Waals surface area contributed by atoms with Gasteiger partial charge in [0.1, 0.15) is 17.2 Å². The summed E-state index contributed by atoms with van der Waals surface area (Å²) in [7, 11) is 4.84. The lowest BCUT2D eigenvalue weighted by Gasteiger charge is -2.34. The molecule has 0 N–H and O–H groups in total. The molecule has 3 rings (SSSR count). The number of ether oxygens (including phenoxy) is 2. The van der Waals surface area contributed by atoms with E-state index in [1.165, 1.54) is 16.8 Å². The van der Waals surface area contributed by atoms with E-state index >= 15 is 0 Å². The lowest BCUT2D eigenvalue weighted by atomic mass is 10.1. The van der Waals surface area contributed by atoms with Crippen molar-refractivity contribution in [2.75, 3.05) is 40.4 Å². The fraction of sp³-hybridized carbons (Fsp3) is 0.421. The Balaban J connectivity index is 1.63. The van der Waals surface area contributed by atoms with E-state index < -0.39 is 0 Å². The van der Waals surface area contributed by atoms with E-state index in [1.807, 2.05) is 18.2 Å². The molecule has 1 aliphatic rings. The van der Waals surface area contributed by atoms with E-state index in [9.17, 15) is 9.59 Å². The molecule has 0 saturated carbocycles. The standard InChI is InChI=1S/C19H24N4O4/c1-21-18(24)7-5-16(20-21)19(25)23-10-8-22(9-11-23)13-14-12-15(26-2)4-6-17(14)27-3/h4-7,12H,8-11,13H2,1-3H3. The van der Waals surface area contributed by atoms with Gasteiger partial charge >= 0.3 is 0 Å². The molecule has 2 aromatic rings. The lowest BCUT2D eigenvalue weighted by Crippen LogP contribution is -2.48. The van der Waals surface area contributed by atoms with Crippen LogP contribution in [-0.2, 0) is 13.6 Å². The molecular weight excluding hydrogens is 348 g/mol. The summed E-state index contributed by atoms with van der Waals surface area (Å²) >= 11 is 0. The first-order valence-electron chi connectivity index (χ1n) is 8.78. The van der Waals surface area contributed by atoms with Crippen molar-refractivity contribution < 1.29 is 14.3 Å². The van der Waals surface area contributed by atoms with Gasteiger partial charge in [-0.1, -0.05) is 0 Å². The molecule has 1 aliphatic heterocycles. The maximum Gasteiger partial charge on any atom is 0.274 e. The zero-order chi connectivity index (χ0) is 19.4. The van der Waals surface area contributed by atoms with Crippen LogP contribution < -0.4 is 15.0 Å². The Hall–Kier alpha value is -2.87. The van der Waals surface area contributed by atoms with Crippen LogP contribution in [0, 0.1) is 0 Å². The summed E-state index contributed by atoms with van der Waals surface area (Å²) in [5.41, 5.74) is 1.11. The highest BCUT2D eigenvalue weighted by Crippen LogP contribution is 2.25. The van der Waals surface area contributed by atoms with Crippen molar-refractivity contribution in [1.82, 2.24) is 19.6 Å². The van der Waals surface area contributed by atoms with Gasteiger partial charge in [0.05, 0.1) is 14.2 Å². The van der Waals surface area contributed by atoms with Gasteiger partial charge in [0.2, 0.25) is 0 Å². The van der Waals surface area contributed by atoms with Gasteiger partial charge in [-0.25, -0.2) is 4.68 Å². The van der Waals surface area contributed by atoms with Gasteiger partial charge in [-0.3, -0.25) is 14.5 Å². The minimum Gasteiger partial charge on any atom is -0.497 e. The molecule has 0 bridgehead atoms. The van der Waals surface area contributed by atoms with Crippen LogP contribution in [0.4, 0.5) is 0 Å². The number of methoxy groups -OCH3 is 2. The Kier molecular flexibility index (Phi) is 5.75. The second kappa shape index (κ2) is 8.22. The number of aryl methyl sites for hydroxylation is 1. The number of rotatable bonds is 5. The van der Waals surface area contributed by atoms with Gasteiger partial charge in [0.15, 0.2) is 0 Å². The normalized spacial score (nSPS) is 14.9. The molecule has 1 aromatic heterocycles. The third-order valence-electron chi connectivity index (χ3n) is 4.72. The van der Waals surface area contributed by atoms with Crippen LogP contribution in [0.1, 0.15) is 16.1 Å². The molecule has 0 radical (unpaired) electrons. The molecule has 27 heavy (non-hydrogen) atoms. The minimum absolute atomic E-state index is 0.149. The maximum absolute atomic E-state index is 12.6. The van der Waals surface area contributed by atoms with Gasteiger partial charge in [0, 0.05) is 51.4 Å². The smallest absolute Gasteiger partial charge is 0.274 e. The Morgan fingerprint density at radius 3 is 2.44 bits per heavy atom. The SMILES string of the molecule is COc1ccc(OC)c(CN2CCN(C(=O)c3ccc(=O)n(C)n3)CC2)c1. The van der Waals surface area contributed by atoms with Crippen molar-refractivity contribution >= 4 is 5.91 Å². The predicted molar refractivity (Wildman–Crippen MR) is 100 cm³/mol. The van der Waals surface area contributed by atoms with Gasteiger partial charge in [0.25, 0.3) is 11.5 Å². The zero-order valence-corrected chi connectivity index (χ0v) is 15.8. The van der Waals surface area contributed by atoms with Gasteiger partial charge in [-0.2, -0.15) is 5.10 Å². The summed E-state index contributed by atoms with van der Waals surface area (Å²) in [6.07, 6.45) is 0. The monoisotopic (exact) mass is 372 g/mol. The summed E-state index contributed by atoms with van der Waals surface area (Å²) in [5, 5.41) is 4.05. The van der Waals surface area contributed by atoms with Gasteiger partial charge < -0.3 is 14.4 Å². The molecule has 144 valence electrons. The summed E-state index contributed by atoms with van der Waals surface area (Å²) in [5.74, 6) is 1.47. The Labute approximate surface area is 157 Å². The zero-order valence-electron chi connectivity index (χ0n) is 15.8. The molecule has 0 atom stereocenters. The van der Waals surface area contributed by atoms with E-state index in [1.54, 1.807) is 26.2 Å². The van der Waals surface area contributed by atoms with Gasteiger partial charge in [-0.05, 0) is 24.3 Å². The average Bonchev–Trinajstić information content (AvgIpc) is 2.70. The highest BCUT2D eigenvalue weighted by atomic mass is 16.5. The van der Waals surface area contributed by atoms with Crippen molar-refractivity contribution in [3.05, 3.63) is 51.9 Å². The Morgan fingerprint density at radius 2 is 1.81 bits per heavy atom. The lowest BCUT2D eigenvalue weighted by molar-refractivity contribution is 0.0619. The van der Waals surface area contributed by atoms with Crippen LogP contribution in [0.5, 0.6) is 11.5 Å². The molecule has 1 fully saturated rings. The third kappa shape index (κ3) is 4.28. The average molecular weight is 372 g/mol. The van der Waals surface area contributed by atoms with E-state index in [2.05, 4.69) is 10.00 Å². The number of benzene rings is 1. The molecule has 1 aromatic carbocycles. The largest absolute Gasteiger partial charge is 0.497 e. The third-order valence-corrected chi connectivity index (χ3v) is 4.72. The number of amides is 1. The van der Waals surface area contributed by atoms with Crippen molar-refractivity contribution in [2.45, 2.75) is 6.54 Å².